The van der Waals surface area contributed by atoms with Crippen molar-refractivity contribution in [2.75, 3.05) is 12.8 Å². The molecule has 0 saturated heterocycles. The van der Waals surface area contributed by atoms with Gasteiger partial charge in [0.25, 0.3) is 0 Å². The first-order chi connectivity index (χ1) is 7.45. The summed E-state index contributed by atoms with van der Waals surface area (Å²) >= 11 is 1.35. The fourth-order valence-corrected chi connectivity index (χ4v) is 2.88. The standard InChI is InChI=1S/C9H17N3O2S2/c1-4-5-10-6-8-11-12-9(15-8)7(2)16(3,13)14/h7,10H,4-6H2,1-3H3. The Kier molecular flexibility index (Phi) is 4.82. The highest BCUT2D eigenvalue weighted by atomic mass is 32.2. The van der Waals surface area contributed by atoms with Crippen LogP contribution in [0.25, 0.3) is 0 Å². The third-order valence-corrected chi connectivity index (χ3v) is 4.94. The van der Waals surface area contributed by atoms with Crippen molar-refractivity contribution in [3.05, 3.63) is 10.0 Å². The van der Waals surface area contributed by atoms with Crippen LogP contribution in [0.15, 0.2) is 0 Å². The molecule has 92 valence electrons. The largest absolute Gasteiger partial charge is 0.310 e. The van der Waals surface area contributed by atoms with Gasteiger partial charge < -0.3 is 5.32 Å². The molecule has 0 aliphatic rings. The first-order valence-electron chi connectivity index (χ1n) is 5.17. The number of nitrogens with zero attached hydrogens (tertiary/aromatic N) is 2. The van der Waals surface area contributed by atoms with Gasteiger partial charge in [-0.25, -0.2) is 8.42 Å². The van der Waals surface area contributed by atoms with Crippen LogP contribution in [0.4, 0.5) is 0 Å². The third kappa shape index (κ3) is 3.80. The summed E-state index contributed by atoms with van der Waals surface area (Å²) in [5.41, 5.74) is 0. The SMILES string of the molecule is CCCNCc1nnc(C(C)S(C)(=O)=O)s1. The second-order valence-corrected chi connectivity index (χ2v) is 7.14. The number of sulfone groups is 1. The van der Waals surface area contributed by atoms with Crippen molar-refractivity contribution in [3.63, 3.8) is 0 Å². The van der Waals surface area contributed by atoms with Gasteiger partial charge in [-0.3, -0.25) is 0 Å². The van der Waals surface area contributed by atoms with Crippen LogP contribution in [0.3, 0.4) is 0 Å². The van der Waals surface area contributed by atoms with Crippen LogP contribution in [0.2, 0.25) is 0 Å². The molecule has 0 saturated carbocycles. The van der Waals surface area contributed by atoms with Gasteiger partial charge in [0, 0.05) is 12.8 Å². The Labute approximate surface area is 100 Å². The predicted octanol–water partition coefficient (Wildman–Crippen LogP) is 1.14. The van der Waals surface area contributed by atoms with Gasteiger partial charge in [0.15, 0.2) is 9.84 Å². The van der Waals surface area contributed by atoms with E-state index in [0.717, 1.165) is 18.0 Å². The highest BCUT2D eigenvalue weighted by Gasteiger charge is 2.21. The van der Waals surface area contributed by atoms with Crippen LogP contribution in [0.1, 0.15) is 35.5 Å². The first kappa shape index (κ1) is 13.5. The van der Waals surface area contributed by atoms with Crippen molar-refractivity contribution >= 4 is 21.2 Å². The van der Waals surface area contributed by atoms with Crippen LogP contribution < -0.4 is 5.32 Å². The van der Waals surface area contributed by atoms with Crippen LogP contribution in [0.5, 0.6) is 0 Å². The molecule has 0 amide bonds. The lowest BCUT2D eigenvalue weighted by Crippen LogP contribution is -2.13. The minimum atomic E-state index is -3.08. The quantitative estimate of drug-likeness (QED) is 0.779. The number of aromatic nitrogens is 2. The van der Waals surface area contributed by atoms with E-state index in [4.69, 9.17) is 0 Å². The molecule has 1 aromatic heterocycles. The zero-order valence-corrected chi connectivity index (χ0v) is 11.4. The van der Waals surface area contributed by atoms with Gasteiger partial charge in [0.05, 0.1) is 0 Å². The molecule has 1 N–H and O–H groups in total. The molecule has 0 radical (unpaired) electrons. The molecule has 5 nitrogen and oxygen atoms in total. The molecule has 7 heteroatoms. The number of hydrogen-bond acceptors (Lipinski definition) is 6. The van der Waals surface area contributed by atoms with Gasteiger partial charge in [-0.2, -0.15) is 0 Å². The molecule has 1 heterocycles. The topological polar surface area (TPSA) is 72.0 Å². The molecule has 16 heavy (non-hydrogen) atoms. The maximum absolute atomic E-state index is 11.3. The molecule has 0 aromatic carbocycles. The second-order valence-electron chi connectivity index (χ2n) is 3.68. The predicted molar refractivity (Wildman–Crippen MR) is 65.2 cm³/mol. The minimum Gasteiger partial charge on any atom is -0.310 e. The summed E-state index contributed by atoms with van der Waals surface area (Å²) in [6, 6.07) is 0. The van der Waals surface area contributed by atoms with Crippen molar-refractivity contribution in [1.29, 1.82) is 0 Å². The van der Waals surface area contributed by atoms with E-state index in [9.17, 15) is 8.42 Å². The lowest BCUT2D eigenvalue weighted by molar-refractivity contribution is 0.591. The molecule has 0 aliphatic heterocycles. The van der Waals surface area contributed by atoms with E-state index in [2.05, 4.69) is 22.4 Å². The van der Waals surface area contributed by atoms with E-state index in [1.807, 2.05) is 0 Å². The Bertz CT molecular complexity index is 428. The minimum absolute atomic E-state index is 0.565. The van der Waals surface area contributed by atoms with Gasteiger partial charge in [0.1, 0.15) is 15.3 Å². The Morgan fingerprint density at radius 1 is 1.44 bits per heavy atom. The van der Waals surface area contributed by atoms with Crippen LogP contribution in [-0.4, -0.2) is 31.4 Å². The lowest BCUT2D eigenvalue weighted by Gasteiger charge is -2.02. The maximum Gasteiger partial charge on any atom is 0.156 e. The van der Waals surface area contributed by atoms with Gasteiger partial charge in [-0.15, -0.1) is 10.2 Å². The smallest absolute Gasteiger partial charge is 0.156 e. The van der Waals surface area contributed by atoms with Crippen LogP contribution in [-0.2, 0) is 16.4 Å². The average molecular weight is 263 g/mol. The number of nitrogens with one attached hydrogen (secondary N) is 1. The van der Waals surface area contributed by atoms with Gasteiger partial charge in [0.2, 0.25) is 0 Å². The van der Waals surface area contributed by atoms with Crippen molar-refractivity contribution in [2.45, 2.75) is 32.1 Å². The van der Waals surface area contributed by atoms with Crippen molar-refractivity contribution < 1.29 is 8.42 Å². The summed E-state index contributed by atoms with van der Waals surface area (Å²) < 4.78 is 22.6. The Balaban J connectivity index is 2.64. The molecule has 1 aromatic rings. The molecule has 0 bridgehead atoms. The van der Waals surface area contributed by atoms with Gasteiger partial charge in [-0.1, -0.05) is 18.3 Å². The molecular weight excluding hydrogens is 246 g/mol. The van der Waals surface area contributed by atoms with Gasteiger partial charge >= 0.3 is 0 Å². The highest BCUT2D eigenvalue weighted by molar-refractivity contribution is 7.91. The summed E-state index contributed by atoms with van der Waals surface area (Å²) in [5.74, 6) is 0. The highest BCUT2D eigenvalue weighted by Crippen LogP contribution is 2.23. The maximum atomic E-state index is 11.3. The fourth-order valence-electron chi connectivity index (χ4n) is 1.06. The fraction of sp³-hybridized carbons (Fsp3) is 0.778. The summed E-state index contributed by atoms with van der Waals surface area (Å²) in [4.78, 5) is 0. The Hall–Kier alpha value is -0.530. The first-order valence-corrected chi connectivity index (χ1v) is 7.94. The molecule has 1 unspecified atom stereocenters. The van der Waals surface area contributed by atoms with Crippen molar-refractivity contribution in [2.24, 2.45) is 0 Å². The van der Waals surface area contributed by atoms with E-state index in [0.29, 0.717) is 11.6 Å². The zero-order valence-electron chi connectivity index (χ0n) is 9.73. The van der Waals surface area contributed by atoms with E-state index in [1.54, 1.807) is 6.92 Å². The summed E-state index contributed by atoms with van der Waals surface area (Å²) in [5, 5.41) is 11.9. The van der Waals surface area contributed by atoms with Gasteiger partial charge in [-0.05, 0) is 19.9 Å². The van der Waals surface area contributed by atoms with Crippen LogP contribution >= 0.6 is 11.3 Å². The molecular formula is C9H17N3O2S2. The third-order valence-electron chi connectivity index (χ3n) is 2.18. The monoisotopic (exact) mass is 263 g/mol. The summed E-state index contributed by atoms with van der Waals surface area (Å²) in [6.07, 6.45) is 2.28. The lowest BCUT2D eigenvalue weighted by atomic mass is 10.5. The Morgan fingerprint density at radius 2 is 2.12 bits per heavy atom. The zero-order chi connectivity index (χ0) is 12.2. The molecule has 0 aliphatic carbocycles. The van der Waals surface area contributed by atoms with Crippen molar-refractivity contribution in [3.8, 4) is 0 Å². The second kappa shape index (κ2) is 5.70. The number of hydrogen-bond donors (Lipinski definition) is 1. The average Bonchev–Trinajstić information content (AvgIpc) is 2.64. The number of rotatable bonds is 6. The van der Waals surface area contributed by atoms with Crippen molar-refractivity contribution in [1.82, 2.24) is 15.5 Å². The summed E-state index contributed by atoms with van der Waals surface area (Å²) in [6.45, 7) is 5.31. The summed E-state index contributed by atoms with van der Waals surface area (Å²) in [7, 11) is -3.08. The molecule has 1 rings (SSSR count). The van der Waals surface area contributed by atoms with E-state index >= 15 is 0 Å². The van der Waals surface area contributed by atoms with Crippen LogP contribution in [0, 0.1) is 0 Å². The van der Waals surface area contributed by atoms with E-state index < -0.39 is 15.1 Å². The van der Waals surface area contributed by atoms with E-state index in [1.165, 1.54) is 17.6 Å². The molecule has 1 atom stereocenters. The molecule has 0 spiro atoms. The van der Waals surface area contributed by atoms with E-state index in [-0.39, 0.29) is 0 Å². The molecule has 0 fully saturated rings. The Morgan fingerprint density at radius 3 is 2.69 bits per heavy atom. The normalized spacial score (nSPS) is 13.9.